The summed E-state index contributed by atoms with van der Waals surface area (Å²) in [5.41, 5.74) is 2.26. The lowest BCUT2D eigenvalue weighted by Crippen LogP contribution is -2.24. The molecule has 118 valence electrons. The van der Waals surface area contributed by atoms with Crippen molar-refractivity contribution in [3.63, 3.8) is 0 Å². The van der Waals surface area contributed by atoms with Crippen molar-refractivity contribution >= 4 is 5.91 Å². The molecule has 0 fully saturated rings. The fraction of sp³-hybridized carbons (Fsp3) is 0.267. The van der Waals surface area contributed by atoms with E-state index in [4.69, 9.17) is 0 Å². The van der Waals surface area contributed by atoms with E-state index >= 15 is 0 Å². The molecule has 1 aromatic carbocycles. The summed E-state index contributed by atoms with van der Waals surface area (Å²) in [6.07, 6.45) is 0. The Labute approximate surface area is 132 Å². The predicted molar refractivity (Wildman–Crippen MR) is 83.0 cm³/mol. The van der Waals surface area contributed by atoms with Gasteiger partial charge in [-0.3, -0.25) is 4.79 Å². The number of para-hydroxylation sites is 1. The second-order valence-electron chi connectivity index (χ2n) is 5.37. The van der Waals surface area contributed by atoms with Crippen LogP contribution in [0.15, 0.2) is 36.4 Å². The maximum absolute atomic E-state index is 12.3. The second-order valence-corrected chi connectivity index (χ2v) is 5.37. The van der Waals surface area contributed by atoms with Gasteiger partial charge in [0, 0.05) is 5.69 Å². The van der Waals surface area contributed by atoms with Gasteiger partial charge in [-0.25, -0.2) is 4.68 Å². The highest BCUT2D eigenvalue weighted by molar-refractivity contribution is 5.92. The number of rotatable bonds is 5. The van der Waals surface area contributed by atoms with E-state index < -0.39 is 0 Å². The fourth-order valence-electron chi connectivity index (χ4n) is 2.20. The lowest BCUT2D eigenvalue weighted by Gasteiger charge is -2.09. The number of nitrogens with one attached hydrogen (secondary N) is 2. The number of carbonyl (C=O) groups is 1. The van der Waals surface area contributed by atoms with Crippen molar-refractivity contribution in [1.82, 2.24) is 35.7 Å². The van der Waals surface area contributed by atoms with Gasteiger partial charge in [-0.15, -0.1) is 10.2 Å². The number of H-pyrrole nitrogens is 1. The molecule has 0 radical (unpaired) electrons. The van der Waals surface area contributed by atoms with Crippen LogP contribution in [0.4, 0.5) is 0 Å². The van der Waals surface area contributed by atoms with Crippen molar-refractivity contribution < 1.29 is 4.79 Å². The molecule has 2 heterocycles. The zero-order chi connectivity index (χ0) is 16.2. The average Bonchev–Trinajstić information content (AvgIpc) is 3.23. The number of benzene rings is 1. The van der Waals surface area contributed by atoms with Crippen LogP contribution in [-0.2, 0) is 6.54 Å². The quantitative estimate of drug-likeness (QED) is 0.742. The van der Waals surface area contributed by atoms with Gasteiger partial charge in [0.15, 0.2) is 11.5 Å². The summed E-state index contributed by atoms with van der Waals surface area (Å²) in [6, 6.07) is 11.6. The zero-order valence-electron chi connectivity index (χ0n) is 12.9. The summed E-state index contributed by atoms with van der Waals surface area (Å²) < 4.78 is 1.80. The number of amides is 1. The summed E-state index contributed by atoms with van der Waals surface area (Å²) in [5, 5.41) is 20.5. The number of aromatic nitrogens is 6. The van der Waals surface area contributed by atoms with E-state index in [1.165, 1.54) is 0 Å². The van der Waals surface area contributed by atoms with Gasteiger partial charge in [0.05, 0.1) is 12.2 Å². The van der Waals surface area contributed by atoms with Gasteiger partial charge in [0.1, 0.15) is 0 Å². The van der Waals surface area contributed by atoms with Crippen molar-refractivity contribution in [1.29, 1.82) is 0 Å². The molecule has 0 bridgehead atoms. The Bertz CT molecular complexity index is 778. The van der Waals surface area contributed by atoms with E-state index in [2.05, 4.69) is 44.9 Å². The summed E-state index contributed by atoms with van der Waals surface area (Å²) in [4.78, 5) is 12.3. The third-order valence-corrected chi connectivity index (χ3v) is 3.36. The van der Waals surface area contributed by atoms with E-state index in [1.807, 2.05) is 36.4 Å². The number of nitrogens with zero attached hydrogens (tertiary/aromatic N) is 5. The van der Waals surface area contributed by atoms with Gasteiger partial charge in [-0.05, 0) is 24.1 Å². The minimum atomic E-state index is -0.272. The Hall–Kier alpha value is -3.03. The molecule has 23 heavy (non-hydrogen) atoms. The van der Waals surface area contributed by atoms with Crippen LogP contribution in [0.1, 0.15) is 41.8 Å². The minimum Gasteiger partial charge on any atom is -0.343 e. The monoisotopic (exact) mass is 311 g/mol. The number of hydrogen-bond acceptors (Lipinski definition) is 5. The average molecular weight is 311 g/mol. The smallest absolute Gasteiger partial charge is 0.272 e. The van der Waals surface area contributed by atoms with Crippen LogP contribution in [0, 0.1) is 0 Å². The first-order valence-electron chi connectivity index (χ1n) is 7.31. The predicted octanol–water partition coefficient (Wildman–Crippen LogP) is 1.44. The molecular weight excluding hydrogens is 294 g/mol. The van der Waals surface area contributed by atoms with Crippen LogP contribution in [0.25, 0.3) is 5.69 Å². The van der Waals surface area contributed by atoms with Crippen LogP contribution >= 0.6 is 0 Å². The molecule has 3 rings (SSSR count). The number of aromatic amines is 1. The molecule has 0 aliphatic rings. The SMILES string of the molecule is CC(C)c1cc(C(=O)NCc2nn[nH]n2)nn1-c1ccccc1. The molecule has 0 saturated carbocycles. The molecule has 3 aromatic rings. The Morgan fingerprint density at radius 2 is 2.09 bits per heavy atom. The lowest BCUT2D eigenvalue weighted by atomic mass is 10.1. The third kappa shape index (κ3) is 3.25. The van der Waals surface area contributed by atoms with Crippen molar-refractivity contribution in [2.24, 2.45) is 0 Å². The highest BCUT2D eigenvalue weighted by Gasteiger charge is 2.17. The molecule has 8 heteroatoms. The van der Waals surface area contributed by atoms with Crippen LogP contribution in [0.3, 0.4) is 0 Å². The van der Waals surface area contributed by atoms with Crippen LogP contribution in [0.5, 0.6) is 0 Å². The van der Waals surface area contributed by atoms with E-state index in [9.17, 15) is 4.79 Å². The first kappa shape index (κ1) is 14.9. The number of hydrogen-bond donors (Lipinski definition) is 2. The second kappa shape index (κ2) is 6.39. The van der Waals surface area contributed by atoms with Gasteiger partial charge in [0.25, 0.3) is 5.91 Å². The molecule has 0 unspecified atom stereocenters. The molecule has 0 saturated heterocycles. The van der Waals surface area contributed by atoms with E-state index in [0.717, 1.165) is 11.4 Å². The maximum Gasteiger partial charge on any atom is 0.272 e. The molecule has 0 aliphatic heterocycles. The summed E-state index contributed by atoms with van der Waals surface area (Å²) in [6.45, 7) is 4.33. The summed E-state index contributed by atoms with van der Waals surface area (Å²) in [5.74, 6) is 0.387. The van der Waals surface area contributed by atoms with Crippen LogP contribution in [0.2, 0.25) is 0 Å². The van der Waals surface area contributed by atoms with Gasteiger partial charge < -0.3 is 5.32 Å². The number of tetrazole rings is 1. The van der Waals surface area contributed by atoms with E-state index in [1.54, 1.807) is 4.68 Å². The summed E-state index contributed by atoms with van der Waals surface area (Å²) in [7, 11) is 0. The normalized spacial score (nSPS) is 10.9. The van der Waals surface area contributed by atoms with Gasteiger partial charge in [0.2, 0.25) is 0 Å². The Balaban J connectivity index is 1.84. The third-order valence-electron chi connectivity index (χ3n) is 3.36. The Morgan fingerprint density at radius 3 is 2.74 bits per heavy atom. The minimum absolute atomic E-state index is 0.199. The first-order chi connectivity index (χ1) is 11.1. The number of carbonyl (C=O) groups excluding carboxylic acids is 1. The van der Waals surface area contributed by atoms with Crippen molar-refractivity contribution in [3.8, 4) is 5.69 Å². The molecule has 1 amide bonds. The largest absolute Gasteiger partial charge is 0.343 e. The van der Waals surface area contributed by atoms with E-state index in [0.29, 0.717) is 11.5 Å². The molecule has 2 aromatic heterocycles. The van der Waals surface area contributed by atoms with Crippen LogP contribution in [-0.4, -0.2) is 36.3 Å². The van der Waals surface area contributed by atoms with Gasteiger partial charge >= 0.3 is 0 Å². The van der Waals surface area contributed by atoms with Gasteiger partial charge in [-0.1, -0.05) is 37.3 Å². The molecule has 0 atom stereocenters. The molecule has 2 N–H and O–H groups in total. The molecule has 8 nitrogen and oxygen atoms in total. The molecule has 0 aliphatic carbocycles. The van der Waals surface area contributed by atoms with Crippen molar-refractivity contribution in [2.45, 2.75) is 26.3 Å². The topological polar surface area (TPSA) is 101 Å². The lowest BCUT2D eigenvalue weighted by molar-refractivity contribution is 0.0944. The van der Waals surface area contributed by atoms with E-state index in [-0.39, 0.29) is 18.4 Å². The van der Waals surface area contributed by atoms with Gasteiger partial charge in [-0.2, -0.15) is 10.3 Å². The molecule has 0 spiro atoms. The highest BCUT2D eigenvalue weighted by atomic mass is 16.1. The maximum atomic E-state index is 12.3. The standard InChI is InChI=1S/C15H17N7O/c1-10(2)13-8-12(15(23)16-9-14-17-20-21-18-14)19-22(13)11-6-4-3-5-7-11/h3-8,10H,9H2,1-2H3,(H,16,23)(H,17,18,20,21). The Kier molecular flexibility index (Phi) is 4.13. The van der Waals surface area contributed by atoms with Crippen molar-refractivity contribution in [3.05, 3.63) is 53.6 Å². The zero-order valence-corrected chi connectivity index (χ0v) is 12.9. The Morgan fingerprint density at radius 1 is 1.30 bits per heavy atom. The van der Waals surface area contributed by atoms with Crippen molar-refractivity contribution in [2.75, 3.05) is 0 Å². The highest BCUT2D eigenvalue weighted by Crippen LogP contribution is 2.20. The van der Waals surface area contributed by atoms with Crippen LogP contribution < -0.4 is 5.32 Å². The fourth-order valence-corrected chi connectivity index (χ4v) is 2.20. The first-order valence-corrected chi connectivity index (χ1v) is 7.31. The molecular formula is C15H17N7O. The summed E-state index contributed by atoms with van der Waals surface area (Å²) >= 11 is 0.